The van der Waals surface area contributed by atoms with Gasteiger partial charge in [-0.05, 0) is 60.7 Å². The van der Waals surface area contributed by atoms with Gasteiger partial charge in [-0.25, -0.2) is 8.42 Å². The monoisotopic (exact) mass is 634 g/mol. The molecule has 0 spiro atoms. The molecule has 43 heavy (non-hydrogen) atoms. The van der Waals surface area contributed by atoms with Crippen molar-refractivity contribution in [1.82, 2.24) is 14.2 Å². The quantitative estimate of drug-likeness (QED) is 0.156. The number of benzene rings is 3. The van der Waals surface area contributed by atoms with E-state index in [2.05, 4.69) is 4.98 Å². The predicted octanol–water partition coefficient (Wildman–Crippen LogP) is 6.17. The third-order valence-corrected chi connectivity index (χ3v) is 9.51. The van der Waals surface area contributed by atoms with Crippen LogP contribution in [-0.4, -0.2) is 52.6 Å². The topological polar surface area (TPSA) is 117 Å². The fraction of sp³-hybridized carbons (Fsp3) is 0.276. The first-order valence-electron chi connectivity index (χ1n) is 13.3. The van der Waals surface area contributed by atoms with Crippen LogP contribution in [0.15, 0.2) is 77.8 Å². The Kier molecular flexibility index (Phi) is 8.50. The minimum Gasteiger partial charge on any atom is -0.361 e. The zero-order valence-corrected chi connectivity index (χ0v) is 24.1. The number of rotatable bonds is 11. The molecule has 1 amide bonds. The molecule has 0 unspecified atom stereocenters. The summed E-state index contributed by atoms with van der Waals surface area (Å²) in [5, 5.41) is 12.1. The highest BCUT2D eigenvalue weighted by Crippen LogP contribution is 2.35. The highest BCUT2D eigenvalue weighted by atomic mass is 35.5. The van der Waals surface area contributed by atoms with Crippen LogP contribution in [0.5, 0.6) is 0 Å². The number of para-hydroxylation sites is 1. The number of halogens is 4. The number of sulfonamides is 1. The molecule has 1 aliphatic rings. The van der Waals surface area contributed by atoms with E-state index >= 15 is 0 Å². The number of aromatic amines is 1. The number of nitrogens with one attached hydrogen (secondary N) is 1. The van der Waals surface area contributed by atoms with E-state index in [1.54, 1.807) is 0 Å². The summed E-state index contributed by atoms with van der Waals surface area (Å²) in [6.45, 7) is -0.436. The van der Waals surface area contributed by atoms with Crippen LogP contribution >= 0.6 is 11.6 Å². The van der Waals surface area contributed by atoms with Crippen molar-refractivity contribution in [3.05, 3.63) is 105 Å². The van der Waals surface area contributed by atoms with Gasteiger partial charge in [-0.2, -0.15) is 17.5 Å². The van der Waals surface area contributed by atoms with E-state index < -0.39 is 50.9 Å². The Morgan fingerprint density at radius 2 is 1.77 bits per heavy atom. The standard InChI is InChI=1S/C29H26ClF3N4O5S/c30-25-12-11-23(15-27(25)37(39)40)43(41,42)36(22-9-10-22)18-28(38)35(17-19-5-7-21(8-6-19)29(31,32)33)14-13-20-16-34-26-4-2-1-3-24(20)26/h1-8,11-12,15-16,22,34H,9-10,13-14,17-18H2. The van der Waals surface area contributed by atoms with Gasteiger partial charge in [0, 0.05) is 42.3 Å². The van der Waals surface area contributed by atoms with Crippen LogP contribution in [-0.2, 0) is 34.0 Å². The average molecular weight is 635 g/mol. The molecule has 5 rings (SSSR count). The van der Waals surface area contributed by atoms with Crippen molar-refractivity contribution in [1.29, 1.82) is 0 Å². The number of nitro benzene ring substituents is 1. The minimum atomic E-state index is -4.51. The van der Waals surface area contributed by atoms with Gasteiger partial charge in [0.25, 0.3) is 5.69 Å². The zero-order valence-electron chi connectivity index (χ0n) is 22.6. The van der Waals surface area contributed by atoms with Crippen molar-refractivity contribution in [3.63, 3.8) is 0 Å². The summed E-state index contributed by atoms with van der Waals surface area (Å²) in [6.07, 6.45) is -1.28. The van der Waals surface area contributed by atoms with E-state index in [9.17, 15) is 36.5 Å². The van der Waals surface area contributed by atoms with Gasteiger partial charge in [0.15, 0.2) is 0 Å². The second-order valence-electron chi connectivity index (χ2n) is 10.3. The lowest BCUT2D eigenvalue weighted by Gasteiger charge is -2.27. The van der Waals surface area contributed by atoms with Gasteiger partial charge < -0.3 is 9.88 Å². The lowest BCUT2D eigenvalue weighted by Crippen LogP contribution is -2.44. The Labute approximate surface area is 250 Å². The van der Waals surface area contributed by atoms with Crippen molar-refractivity contribution in [2.75, 3.05) is 13.1 Å². The van der Waals surface area contributed by atoms with Gasteiger partial charge in [0.05, 0.1) is 21.9 Å². The number of nitrogens with zero attached hydrogens (tertiary/aromatic N) is 3. The number of carbonyl (C=O) groups excluding carboxylic acids is 1. The molecule has 1 aliphatic carbocycles. The van der Waals surface area contributed by atoms with Crippen LogP contribution in [0.2, 0.25) is 5.02 Å². The van der Waals surface area contributed by atoms with Crippen molar-refractivity contribution in [2.24, 2.45) is 0 Å². The molecule has 4 aromatic rings. The third kappa shape index (κ3) is 6.84. The predicted molar refractivity (Wildman–Crippen MR) is 154 cm³/mol. The number of aromatic nitrogens is 1. The molecule has 1 heterocycles. The summed E-state index contributed by atoms with van der Waals surface area (Å²) in [5.74, 6) is -0.557. The molecule has 226 valence electrons. The van der Waals surface area contributed by atoms with Gasteiger partial charge in [-0.1, -0.05) is 41.9 Å². The van der Waals surface area contributed by atoms with Crippen LogP contribution in [0.3, 0.4) is 0 Å². The Bertz CT molecular complexity index is 1770. The van der Waals surface area contributed by atoms with Crippen LogP contribution in [0, 0.1) is 10.1 Å². The van der Waals surface area contributed by atoms with E-state index in [0.717, 1.165) is 51.1 Å². The van der Waals surface area contributed by atoms with Crippen molar-refractivity contribution < 1.29 is 31.3 Å². The number of nitro groups is 1. The van der Waals surface area contributed by atoms with Gasteiger partial charge in [-0.15, -0.1) is 0 Å². The molecule has 1 fully saturated rings. The van der Waals surface area contributed by atoms with E-state index in [0.29, 0.717) is 24.8 Å². The largest absolute Gasteiger partial charge is 0.416 e. The first-order chi connectivity index (χ1) is 20.3. The maximum absolute atomic E-state index is 13.7. The molecule has 0 saturated heterocycles. The van der Waals surface area contributed by atoms with Crippen LogP contribution in [0.1, 0.15) is 29.5 Å². The number of amides is 1. The number of alkyl halides is 3. The number of hydrogen-bond acceptors (Lipinski definition) is 5. The molecule has 0 radical (unpaired) electrons. The first-order valence-corrected chi connectivity index (χ1v) is 15.1. The molecule has 1 aromatic heterocycles. The number of H-pyrrole nitrogens is 1. The van der Waals surface area contributed by atoms with E-state index in [1.165, 1.54) is 17.0 Å². The van der Waals surface area contributed by atoms with Gasteiger partial charge >= 0.3 is 6.18 Å². The summed E-state index contributed by atoms with van der Waals surface area (Å²) in [7, 11) is -4.33. The third-order valence-electron chi connectivity index (χ3n) is 7.30. The second kappa shape index (κ2) is 12.0. The Morgan fingerprint density at radius 1 is 1.07 bits per heavy atom. The molecule has 0 bridgehead atoms. The molecule has 14 heteroatoms. The van der Waals surface area contributed by atoms with Crippen molar-refractivity contribution >= 4 is 44.1 Å². The summed E-state index contributed by atoms with van der Waals surface area (Å²) in [5.41, 5.74) is 0.861. The molecular weight excluding hydrogens is 609 g/mol. The molecule has 0 atom stereocenters. The van der Waals surface area contributed by atoms with E-state index in [-0.39, 0.29) is 23.0 Å². The Morgan fingerprint density at radius 3 is 2.42 bits per heavy atom. The molecular formula is C29H26ClF3N4O5S. The maximum Gasteiger partial charge on any atom is 0.416 e. The van der Waals surface area contributed by atoms with E-state index in [4.69, 9.17) is 11.6 Å². The second-order valence-corrected chi connectivity index (χ2v) is 12.6. The summed E-state index contributed by atoms with van der Waals surface area (Å²) in [4.78, 5) is 28.6. The summed E-state index contributed by atoms with van der Waals surface area (Å²) < 4.78 is 67.6. The van der Waals surface area contributed by atoms with Crippen molar-refractivity contribution in [3.8, 4) is 0 Å². The first kappa shape index (κ1) is 30.5. The highest BCUT2D eigenvalue weighted by molar-refractivity contribution is 7.89. The average Bonchev–Trinajstić information content (AvgIpc) is 3.72. The lowest BCUT2D eigenvalue weighted by atomic mass is 10.1. The molecule has 0 aliphatic heterocycles. The number of hydrogen-bond donors (Lipinski definition) is 1. The van der Waals surface area contributed by atoms with Crippen molar-refractivity contribution in [2.45, 2.75) is 42.9 Å². The molecule has 3 aromatic carbocycles. The molecule has 9 nitrogen and oxygen atoms in total. The molecule has 1 saturated carbocycles. The van der Waals surface area contributed by atoms with Crippen LogP contribution in [0.25, 0.3) is 10.9 Å². The Balaban J connectivity index is 1.41. The summed E-state index contributed by atoms with van der Waals surface area (Å²) >= 11 is 5.87. The Hall–Kier alpha value is -3.94. The fourth-order valence-electron chi connectivity index (χ4n) is 4.84. The lowest BCUT2D eigenvalue weighted by molar-refractivity contribution is -0.384. The van der Waals surface area contributed by atoms with Gasteiger partial charge in [0.2, 0.25) is 15.9 Å². The summed E-state index contributed by atoms with van der Waals surface area (Å²) in [6, 6.07) is 14.7. The normalized spacial score (nSPS) is 13.9. The molecule has 1 N–H and O–H groups in total. The van der Waals surface area contributed by atoms with E-state index in [1.807, 2.05) is 30.5 Å². The van der Waals surface area contributed by atoms with Gasteiger partial charge in [-0.3, -0.25) is 14.9 Å². The minimum absolute atomic E-state index is 0.0513. The highest BCUT2D eigenvalue weighted by Gasteiger charge is 2.40. The smallest absolute Gasteiger partial charge is 0.361 e. The fourth-order valence-corrected chi connectivity index (χ4v) is 6.68. The maximum atomic E-state index is 13.7. The van der Waals surface area contributed by atoms with Gasteiger partial charge in [0.1, 0.15) is 5.02 Å². The van der Waals surface area contributed by atoms with Crippen LogP contribution in [0.4, 0.5) is 18.9 Å². The number of carbonyl (C=O) groups is 1. The SMILES string of the molecule is O=C(CN(C1CC1)S(=O)(=O)c1ccc(Cl)c([N+](=O)[O-])c1)N(CCc1c[nH]c2ccccc12)Cc1ccc(C(F)(F)F)cc1. The van der Waals surface area contributed by atoms with Crippen LogP contribution < -0.4 is 0 Å². The zero-order chi connectivity index (χ0) is 30.9. The number of fused-ring (bicyclic) bond motifs is 1.